The standard InChI is InChI=1S/C18H15N3O4S/c1-11-8-13(18(23)19-9-11)20-16(22)10-21-14-6-2-4-12-5-3-7-15(17(12)14)26(21,24)25/h2-9H,10H2,1H3,(H,19,23)(H,20,22). The average molecular weight is 369 g/mol. The highest BCUT2D eigenvalue weighted by Crippen LogP contribution is 2.41. The largest absolute Gasteiger partial charge is 0.327 e. The van der Waals surface area contributed by atoms with Crippen LogP contribution in [0, 0.1) is 6.92 Å². The molecule has 0 unspecified atom stereocenters. The molecule has 26 heavy (non-hydrogen) atoms. The van der Waals surface area contributed by atoms with E-state index >= 15 is 0 Å². The van der Waals surface area contributed by atoms with Gasteiger partial charge in [-0.2, -0.15) is 0 Å². The van der Waals surface area contributed by atoms with Gasteiger partial charge in [-0.05, 0) is 36.1 Å². The van der Waals surface area contributed by atoms with Gasteiger partial charge in [-0.25, -0.2) is 8.42 Å². The van der Waals surface area contributed by atoms with Crippen LogP contribution < -0.4 is 15.2 Å². The molecule has 2 heterocycles. The van der Waals surface area contributed by atoms with E-state index in [-0.39, 0.29) is 10.6 Å². The molecule has 0 bridgehead atoms. The molecule has 3 aromatic rings. The average Bonchev–Trinajstić information content (AvgIpc) is 2.82. The lowest BCUT2D eigenvalue weighted by Gasteiger charge is -2.18. The molecule has 0 radical (unpaired) electrons. The molecular formula is C18H15N3O4S. The zero-order chi connectivity index (χ0) is 18.5. The molecule has 8 heteroatoms. The van der Waals surface area contributed by atoms with E-state index in [0.717, 1.165) is 15.3 Å². The fourth-order valence-corrected chi connectivity index (χ4v) is 4.80. The van der Waals surface area contributed by atoms with Gasteiger partial charge in [0.05, 0.1) is 10.6 Å². The third-order valence-corrected chi connectivity index (χ3v) is 6.09. The van der Waals surface area contributed by atoms with Crippen molar-refractivity contribution in [2.45, 2.75) is 11.8 Å². The van der Waals surface area contributed by atoms with Crippen LogP contribution in [0.3, 0.4) is 0 Å². The molecular weight excluding hydrogens is 354 g/mol. The predicted octanol–water partition coefficient (Wildman–Crippen LogP) is 1.98. The molecule has 0 spiro atoms. The first-order valence-corrected chi connectivity index (χ1v) is 9.35. The maximum absolute atomic E-state index is 12.9. The van der Waals surface area contributed by atoms with Gasteiger partial charge in [-0.1, -0.05) is 24.3 Å². The summed E-state index contributed by atoms with van der Waals surface area (Å²) in [5.74, 6) is -0.588. The van der Waals surface area contributed by atoms with Crippen LogP contribution in [0.4, 0.5) is 11.4 Å². The highest BCUT2D eigenvalue weighted by molar-refractivity contribution is 7.93. The molecule has 0 fully saturated rings. The highest BCUT2D eigenvalue weighted by Gasteiger charge is 2.36. The summed E-state index contributed by atoms with van der Waals surface area (Å²) >= 11 is 0. The first kappa shape index (κ1) is 16.3. The lowest BCUT2D eigenvalue weighted by Crippen LogP contribution is -2.36. The molecule has 132 valence electrons. The minimum absolute atomic E-state index is 0.0855. The molecule has 2 N–H and O–H groups in total. The van der Waals surface area contributed by atoms with E-state index in [9.17, 15) is 18.0 Å². The fourth-order valence-electron chi connectivity index (χ4n) is 3.13. The third kappa shape index (κ3) is 2.46. The second-order valence-corrected chi connectivity index (χ2v) is 7.94. The van der Waals surface area contributed by atoms with E-state index in [1.807, 2.05) is 12.1 Å². The molecule has 0 atom stereocenters. The van der Waals surface area contributed by atoms with Crippen LogP contribution in [0.15, 0.2) is 58.4 Å². The van der Waals surface area contributed by atoms with Crippen molar-refractivity contribution in [3.05, 3.63) is 64.6 Å². The van der Waals surface area contributed by atoms with Crippen LogP contribution in [-0.4, -0.2) is 25.9 Å². The van der Waals surface area contributed by atoms with Crippen molar-refractivity contribution in [3.8, 4) is 0 Å². The molecule has 2 aromatic carbocycles. The lowest BCUT2D eigenvalue weighted by atomic mass is 10.1. The number of hydrogen-bond acceptors (Lipinski definition) is 4. The van der Waals surface area contributed by atoms with Gasteiger partial charge in [0.25, 0.3) is 15.6 Å². The van der Waals surface area contributed by atoms with E-state index in [0.29, 0.717) is 11.1 Å². The van der Waals surface area contributed by atoms with Crippen molar-refractivity contribution < 1.29 is 13.2 Å². The van der Waals surface area contributed by atoms with E-state index < -0.39 is 28.0 Å². The van der Waals surface area contributed by atoms with Crippen LogP contribution in [0.5, 0.6) is 0 Å². The van der Waals surface area contributed by atoms with Crippen molar-refractivity contribution in [1.29, 1.82) is 0 Å². The van der Waals surface area contributed by atoms with Gasteiger partial charge in [-0.3, -0.25) is 13.9 Å². The first-order valence-electron chi connectivity index (χ1n) is 7.91. The molecule has 0 saturated carbocycles. The normalized spacial score (nSPS) is 14.6. The summed E-state index contributed by atoms with van der Waals surface area (Å²) in [6.07, 6.45) is 1.53. The zero-order valence-corrected chi connectivity index (χ0v) is 14.6. The smallest absolute Gasteiger partial charge is 0.271 e. The second kappa shape index (κ2) is 5.70. The number of aromatic nitrogens is 1. The van der Waals surface area contributed by atoms with Crippen LogP contribution in [0.2, 0.25) is 0 Å². The topological polar surface area (TPSA) is 99.3 Å². The molecule has 0 saturated heterocycles. The second-order valence-electron chi connectivity index (χ2n) is 6.11. The van der Waals surface area contributed by atoms with Crippen LogP contribution in [0.1, 0.15) is 5.56 Å². The zero-order valence-electron chi connectivity index (χ0n) is 13.8. The summed E-state index contributed by atoms with van der Waals surface area (Å²) in [4.78, 5) is 26.9. The maximum atomic E-state index is 12.9. The van der Waals surface area contributed by atoms with Crippen LogP contribution >= 0.6 is 0 Å². The number of H-pyrrole nitrogens is 1. The Bertz CT molecular complexity index is 1210. The van der Waals surface area contributed by atoms with Crippen LogP contribution in [0.25, 0.3) is 10.8 Å². The van der Waals surface area contributed by atoms with Crippen LogP contribution in [-0.2, 0) is 14.8 Å². The maximum Gasteiger partial charge on any atom is 0.271 e. The summed E-state index contributed by atoms with van der Waals surface area (Å²) in [5, 5.41) is 3.89. The molecule has 1 aliphatic heterocycles. The fraction of sp³-hybridized carbons (Fsp3) is 0.111. The third-order valence-electron chi connectivity index (χ3n) is 4.29. The number of carbonyl (C=O) groups is 1. The molecule has 4 rings (SSSR count). The number of aryl methyl sites for hydroxylation is 1. The minimum atomic E-state index is -3.82. The molecule has 1 aliphatic rings. The van der Waals surface area contributed by atoms with Gasteiger partial charge in [0, 0.05) is 11.6 Å². The number of anilines is 2. The summed E-state index contributed by atoms with van der Waals surface area (Å²) in [7, 11) is -3.82. The summed E-state index contributed by atoms with van der Waals surface area (Å²) in [5.41, 5.74) is 0.873. The Labute approximate surface area is 149 Å². The summed E-state index contributed by atoms with van der Waals surface area (Å²) < 4.78 is 26.8. The Morgan fingerprint density at radius 2 is 1.92 bits per heavy atom. The molecule has 7 nitrogen and oxygen atoms in total. The Morgan fingerprint density at radius 1 is 1.19 bits per heavy atom. The number of rotatable bonds is 3. The monoisotopic (exact) mass is 369 g/mol. The van der Waals surface area contributed by atoms with Gasteiger partial charge in [0.2, 0.25) is 5.91 Å². The lowest BCUT2D eigenvalue weighted by molar-refractivity contribution is -0.114. The molecule has 0 aliphatic carbocycles. The SMILES string of the molecule is Cc1c[nH]c(=O)c(NC(=O)CN2c3cccc4cccc(c34)S2(=O)=O)c1. The summed E-state index contributed by atoms with van der Waals surface area (Å²) in [6.45, 7) is 1.36. The van der Waals surface area contributed by atoms with E-state index in [1.165, 1.54) is 18.3 Å². The predicted molar refractivity (Wildman–Crippen MR) is 98.9 cm³/mol. The van der Waals surface area contributed by atoms with Gasteiger partial charge >= 0.3 is 0 Å². The molecule has 1 amide bonds. The van der Waals surface area contributed by atoms with Crippen molar-refractivity contribution in [3.63, 3.8) is 0 Å². The van der Waals surface area contributed by atoms with Gasteiger partial charge in [-0.15, -0.1) is 0 Å². The number of pyridine rings is 1. The van der Waals surface area contributed by atoms with Gasteiger partial charge in [0.15, 0.2) is 0 Å². The number of nitrogens with one attached hydrogen (secondary N) is 2. The van der Waals surface area contributed by atoms with Crippen molar-refractivity contribution in [1.82, 2.24) is 4.98 Å². The number of sulfonamides is 1. The van der Waals surface area contributed by atoms with Crippen molar-refractivity contribution in [2.75, 3.05) is 16.2 Å². The number of hydrogen-bond donors (Lipinski definition) is 2. The van der Waals surface area contributed by atoms with E-state index in [1.54, 1.807) is 25.1 Å². The quantitative estimate of drug-likeness (QED) is 0.737. The molecule has 1 aromatic heterocycles. The number of aromatic amines is 1. The van der Waals surface area contributed by atoms with Gasteiger partial charge < -0.3 is 10.3 Å². The van der Waals surface area contributed by atoms with Crippen molar-refractivity contribution >= 4 is 38.1 Å². The Hall–Kier alpha value is -3.13. The summed E-state index contributed by atoms with van der Waals surface area (Å²) in [6, 6.07) is 11.8. The van der Waals surface area contributed by atoms with Crippen molar-refractivity contribution in [2.24, 2.45) is 0 Å². The van der Waals surface area contributed by atoms with E-state index in [4.69, 9.17) is 0 Å². The number of amides is 1. The number of nitrogens with zero attached hydrogens (tertiary/aromatic N) is 1. The van der Waals surface area contributed by atoms with Gasteiger partial charge in [0.1, 0.15) is 12.2 Å². The Morgan fingerprint density at radius 3 is 2.69 bits per heavy atom. The Kier molecular flexibility index (Phi) is 3.58. The Balaban J connectivity index is 1.69. The number of benzene rings is 2. The highest BCUT2D eigenvalue weighted by atomic mass is 32.2. The number of carbonyl (C=O) groups excluding carboxylic acids is 1. The first-order chi connectivity index (χ1) is 12.4. The minimum Gasteiger partial charge on any atom is -0.327 e. The van der Waals surface area contributed by atoms with E-state index in [2.05, 4.69) is 10.3 Å².